The average molecular weight is 523 g/mol. The van der Waals surface area contributed by atoms with Crippen LogP contribution >= 0.6 is 0 Å². The number of sulfone groups is 1. The van der Waals surface area contributed by atoms with Crippen molar-refractivity contribution in [3.05, 3.63) is 71.8 Å². The van der Waals surface area contributed by atoms with Gasteiger partial charge in [0.2, 0.25) is 26.6 Å². The minimum absolute atomic E-state index is 0.0160. The van der Waals surface area contributed by atoms with Gasteiger partial charge >= 0.3 is 0 Å². The number of nitrogens with zero attached hydrogens (tertiary/aromatic N) is 1. The first-order valence-corrected chi connectivity index (χ1v) is 13.0. The molecule has 0 saturated carbocycles. The average Bonchev–Trinajstić information content (AvgIpc) is 3.37. The SMILES string of the molecule is COc1ccc(-c2nc(S(=O)(=O)c3ccc4c(c3)OCCO4)c(NCc3ccc(C)cc3)o2)cc1OC. The molecule has 0 saturated heterocycles. The second-order valence-electron chi connectivity index (χ2n) is 8.37. The van der Waals surface area contributed by atoms with Gasteiger partial charge in [0.25, 0.3) is 0 Å². The van der Waals surface area contributed by atoms with Crippen molar-refractivity contribution in [1.82, 2.24) is 4.98 Å². The summed E-state index contributed by atoms with van der Waals surface area (Å²) in [7, 11) is -1.04. The van der Waals surface area contributed by atoms with Crippen LogP contribution < -0.4 is 24.3 Å². The number of aromatic nitrogens is 1. The number of hydrogen-bond donors (Lipinski definition) is 1. The van der Waals surface area contributed by atoms with Crippen LogP contribution in [0.15, 0.2) is 75.0 Å². The number of benzene rings is 3. The molecule has 3 aromatic carbocycles. The molecule has 192 valence electrons. The highest BCUT2D eigenvalue weighted by atomic mass is 32.2. The lowest BCUT2D eigenvalue weighted by Crippen LogP contribution is -2.16. The Balaban J connectivity index is 1.56. The molecule has 10 heteroatoms. The molecule has 2 heterocycles. The zero-order chi connectivity index (χ0) is 26.0. The van der Waals surface area contributed by atoms with Gasteiger partial charge in [-0.05, 0) is 42.8 Å². The third-order valence-corrected chi connectivity index (χ3v) is 7.54. The monoisotopic (exact) mass is 522 g/mol. The van der Waals surface area contributed by atoms with Crippen molar-refractivity contribution in [1.29, 1.82) is 0 Å². The zero-order valence-corrected chi connectivity index (χ0v) is 21.4. The number of hydrogen-bond acceptors (Lipinski definition) is 9. The lowest BCUT2D eigenvalue weighted by atomic mass is 10.1. The summed E-state index contributed by atoms with van der Waals surface area (Å²) in [6, 6.07) is 17.5. The van der Waals surface area contributed by atoms with E-state index in [1.165, 1.54) is 26.4 Å². The molecule has 9 nitrogen and oxygen atoms in total. The molecule has 1 aliphatic heterocycles. The molecule has 0 unspecified atom stereocenters. The molecule has 1 N–H and O–H groups in total. The fraction of sp³-hybridized carbons (Fsp3) is 0.222. The predicted molar refractivity (Wildman–Crippen MR) is 136 cm³/mol. The Morgan fingerprint density at radius 2 is 1.62 bits per heavy atom. The summed E-state index contributed by atoms with van der Waals surface area (Å²) in [5.41, 5.74) is 2.61. The number of nitrogens with one attached hydrogen (secondary N) is 1. The van der Waals surface area contributed by atoms with E-state index in [9.17, 15) is 8.42 Å². The van der Waals surface area contributed by atoms with Gasteiger partial charge in [0.1, 0.15) is 13.2 Å². The molecule has 0 fully saturated rings. The van der Waals surface area contributed by atoms with Gasteiger partial charge in [0.05, 0.1) is 19.1 Å². The third kappa shape index (κ3) is 4.92. The van der Waals surface area contributed by atoms with Gasteiger partial charge in [-0.25, -0.2) is 8.42 Å². The van der Waals surface area contributed by atoms with E-state index in [2.05, 4.69) is 10.3 Å². The summed E-state index contributed by atoms with van der Waals surface area (Å²) < 4.78 is 55.3. The van der Waals surface area contributed by atoms with Crippen molar-refractivity contribution in [2.24, 2.45) is 0 Å². The lowest BCUT2D eigenvalue weighted by Gasteiger charge is -2.18. The number of ether oxygens (including phenoxy) is 4. The second kappa shape index (κ2) is 10.1. The Bertz CT molecular complexity index is 1530. The van der Waals surface area contributed by atoms with Crippen LogP contribution in [0.5, 0.6) is 23.0 Å². The maximum atomic E-state index is 13.8. The summed E-state index contributed by atoms with van der Waals surface area (Å²) in [5, 5.41) is 2.87. The minimum Gasteiger partial charge on any atom is -0.493 e. The summed E-state index contributed by atoms with van der Waals surface area (Å²) >= 11 is 0. The maximum absolute atomic E-state index is 13.8. The van der Waals surface area contributed by atoms with E-state index in [0.717, 1.165) is 11.1 Å². The van der Waals surface area contributed by atoms with Gasteiger partial charge in [-0.15, -0.1) is 0 Å². The fourth-order valence-electron chi connectivity index (χ4n) is 3.88. The Morgan fingerprint density at radius 1 is 0.892 bits per heavy atom. The molecule has 1 aliphatic rings. The maximum Gasteiger partial charge on any atom is 0.234 e. The van der Waals surface area contributed by atoms with Gasteiger partial charge in [-0.3, -0.25) is 0 Å². The van der Waals surface area contributed by atoms with E-state index in [1.54, 1.807) is 24.3 Å². The van der Waals surface area contributed by atoms with E-state index in [-0.39, 0.29) is 21.7 Å². The van der Waals surface area contributed by atoms with Crippen molar-refractivity contribution in [3.8, 4) is 34.5 Å². The topological polar surface area (TPSA) is 109 Å². The van der Waals surface area contributed by atoms with Gasteiger partial charge in [-0.1, -0.05) is 29.8 Å². The minimum atomic E-state index is -4.09. The van der Waals surface area contributed by atoms with Gasteiger partial charge in [-0.2, -0.15) is 4.98 Å². The Kier molecular flexibility index (Phi) is 6.66. The Labute approximate surface area is 214 Å². The van der Waals surface area contributed by atoms with Crippen molar-refractivity contribution in [2.45, 2.75) is 23.4 Å². The summed E-state index contributed by atoms with van der Waals surface area (Å²) in [5.74, 6) is 1.99. The first kappa shape index (κ1) is 24.5. The molecule has 0 amide bonds. The van der Waals surface area contributed by atoms with Crippen LogP contribution in [0.2, 0.25) is 0 Å². The van der Waals surface area contributed by atoms with Crippen LogP contribution in [0.4, 0.5) is 5.88 Å². The summed E-state index contributed by atoms with van der Waals surface area (Å²) in [4.78, 5) is 4.43. The van der Waals surface area contributed by atoms with E-state index >= 15 is 0 Å². The van der Waals surface area contributed by atoms with Crippen LogP contribution in [-0.4, -0.2) is 40.8 Å². The van der Waals surface area contributed by atoms with Crippen LogP contribution in [0.1, 0.15) is 11.1 Å². The van der Waals surface area contributed by atoms with E-state index in [0.29, 0.717) is 48.3 Å². The number of fused-ring (bicyclic) bond motifs is 1. The quantitative estimate of drug-likeness (QED) is 0.346. The Morgan fingerprint density at radius 3 is 2.35 bits per heavy atom. The zero-order valence-electron chi connectivity index (χ0n) is 20.6. The summed E-state index contributed by atoms with van der Waals surface area (Å²) in [6.45, 7) is 3.09. The standard InChI is InChI=1S/C27H26N2O7S/c1-17-4-6-18(7-5-17)16-28-26-27(29-25(36-26)19-8-10-21(32-2)23(14-19)33-3)37(30,31)20-9-11-22-24(15-20)35-13-12-34-22/h4-11,14-15,28H,12-13,16H2,1-3H3. The van der Waals surface area contributed by atoms with E-state index in [4.69, 9.17) is 23.4 Å². The largest absolute Gasteiger partial charge is 0.493 e. The third-order valence-electron chi connectivity index (χ3n) is 5.88. The van der Waals surface area contributed by atoms with Crippen molar-refractivity contribution in [3.63, 3.8) is 0 Å². The molecule has 0 atom stereocenters. The smallest absolute Gasteiger partial charge is 0.234 e. The molecule has 0 bridgehead atoms. The molecular weight excluding hydrogens is 496 g/mol. The second-order valence-corrected chi connectivity index (χ2v) is 10.2. The van der Waals surface area contributed by atoms with Crippen LogP contribution in [0.3, 0.4) is 0 Å². The number of oxazole rings is 1. The van der Waals surface area contributed by atoms with Crippen molar-refractivity contribution < 1.29 is 31.8 Å². The molecule has 0 radical (unpaired) electrons. The van der Waals surface area contributed by atoms with E-state index in [1.807, 2.05) is 31.2 Å². The fourth-order valence-corrected chi connectivity index (χ4v) is 5.18. The van der Waals surface area contributed by atoms with Crippen molar-refractivity contribution >= 4 is 15.7 Å². The highest BCUT2D eigenvalue weighted by molar-refractivity contribution is 7.91. The highest BCUT2D eigenvalue weighted by Crippen LogP contribution is 2.38. The first-order chi connectivity index (χ1) is 17.9. The molecular formula is C27H26N2O7S. The number of aryl methyl sites for hydroxylation is 1. The predicted octanol–water partition coefficient (Wildman–Crippen LogP) is 4.88. The van der Waals surface area contributed by atoms with Crippen LogP contribution in [0.25, 0.3) is 11.5 Å². The first-order valence-electron chi connectivity index (χ1n) is 11.6. The molecule has 5 rings (SSSR count). The van der Waals surface area contributed by atoms with Gasteiger partial charge < -0.3 is 28.7 Å². The molecule has 1 aromatic heterocycles. The number of anilines is 1. The number of methoxy groups -OCH3 is 2. The lowest BCUT2D eigenvalue weighted by molar-refractivity contribution is 0.171. The highest BCUT2D eigenvalue weighted by Gasteiger charge is 2.30. The van der Waals surface area contributed by atoms with Gasteiger partial charge in [0.15, 0.2) is 23.0 Å². The molecule has 0 aliphatic carbocycles. The van der Waals surface area contributed by atoms with Gasteiger partial charge in [0, 0.05) is 18.2 Å². The summed E-state index contributed by atoms with van der Waals surface area (Å²) in [6.07, 6.45) is 0. The molecule has 37 heavy (non-hydrogen) atoms. The Hall–Kier alpha value is -4.18. The number of rotatable bonds is 8. The van der Waals surface area contributed by atoms with Crippen LogP contribution in [0, 0.1) is 6.92 Å². The van der Waals surface area contributed by atoms with Crippen LogP contribution in [-0.2, 0) is 16.4 Å². The normalized spacial score (nSPS) is 12.7. The molecule has 0 spiro atoms. The van der Waals surface area contributed by atoms with Crippen molar-refractivity contribution in [2.75, 3.05) is 32.8 Å². The van der Waals surface area contributed by atoms with E-state index < -0.39 is 9.84 Å². The molecule has 4 aromatic rings.